The normalized spacial score (nSPS) is 12.3. The minimum atomic E-state index is -0.790. The van der Waals surface area contributed by atoms with Crippen LogP contribution in [-0.4, -0.2) is 6.04 Å². The number of benzene rings is 2. The molecule has 2 N–H and O–H groups in total. The van der Waals surface area contributed by atoms with Crippen molar-refractivity contribution in [1.29, 1.82) is 0 Å². The summed E-state index contributed by atoms with van der Waals surface area (Å²) in [6.07, 6.45) is 0.381. The second-order valence-corrected chi connectivity index (χ2v) is 6.07. The molecular weight excluding hydrogens is 364 g/mol. The van der Waals surface area contributed by atoms with Crippen molar-refractivity contribution in [3.8, 4) is 11.5 Å². The molecule has 2 nitrogen and oxygen atoms in total. The van der Waals surface area contributed by atoms with Crippen LogP contribution in [0.4, 0.5) is 8.78 Å². The Kier molecular flexibility index (Phi) is 5.19. The minimum absolute atomic E-state index is 0.170. The van der Waals surface area contributed by atoms with E-state index in [-0.39, 0.29) is 16.8 Å². The van der Waals surface area contributed by atoms with Crippen molar-refractivity contribution >= 4 is 27.5 Å². The van der Waals surface area contributed by atoms with Gasteiger partial charge in [-0.1, -0.05) is 27.5 Å². The van der Waals surface area contributed by atoms with Crippen LogP contribution in [0, 0.1) is 11.6 Å². The molecule has 0 aliphatic carbocycles. The lowest BCUT2D eigenvalue weighted by Gasteiger charge is -2.12. The predicted octanol–water partition coefficient (Wildman–Crippen LogP) is 5.06. The number of halogens is 4. The Bertz CT molecular complexity index is 641. The van der Waals surface area contributed by atoms with Crippen LogP contribution in [0.2, 0.25) is 5.02 Å². The molecule has 112 valence electrons. The maximum atomic E-state index is 14.0. The first kappa shape index (κ1) is 16.2. The Balaban J connectivity index is 2.34. The van der Waals surface area contributed by atoms with Crippen molar-refractivity contribution in [2.24, 2.45) is 5.73 Å². The molecule has 2 aromatic rings. The topological polar surface area (TPSA) is 35.2 Å². The summed E-state index contributed by atoms with van der Waals surface area (Å²) in [4.78, 5) is 0. The molecule has 0 heterocycles. The van der Waals surface area contributed by atoms with Crippen molar-refractivity contribution < 1.29 is 13.5 Å². The van der Waals surface area contributed by atoms with Crippen LogP contribution in [0.25, 0.3) is 0 Å². The van der Waals surface area contributed by atoms with Crippen LogP contribution in [0.3, 0.4) is 0 Å². The number of hydrogen-bond acceptors (Lipinski definition) is 2. The summed E-state index contributed by atoms with van der Waals surface area (Å²) in [5.74, 6) is -1.89. The highest BCUT2D eigenvalue weighted by Gasteiger charge is 2.16. The number of nitrogens with two attached hydrogens (primary N) is 1. The fourth-order valence-corrected chi connectivity index (χ4v) is 2.36. The van der Waals surface area contributed by atoms with Gasteiger partial charge in [-0.2, -0.15) is 0 Å². The largest absolute Gasteiger partial charge is 0.450 e. The van der Waals surface area contributed by atoms with Gasteiger partial charge < -0.3 is 10.5 Å². The highest BCUT2D eigenvalue weighted by Crippen LogP contribution is 2.35. The quantitative estimate of drug-likeness (QED) is 0.809. The molecule has 0 fully saturated rings. The lowest BCUT2D eigenvalue weighted by molar-refractivity contribution is 0.406. The zero-order chi connectivity index (χ0) is 15.6. The van der Waals surface area contributed by atoms with Gasteiger partial charge in [0.05, 0.1) is 5.02 Å². The van der Waals surface area contributed by atoms with Gasteiger partial charge in [0.2, 0.25) is 0 Å². The van der Waals surface area contributed by atoms with Gasteiger partial charge >= 0.3 is 0 Å². The average Bonchev–Trinajstić information content (AvgIpc) is 2.37. The van der Waals surface area contributed by atoms with E-state index in [2.05, 4.69) is 15.9 Å². The summed E-state index contributed by atoms with van der Waals surface area (Å²) in [6, 6.07) is 7.06. The zero-order valence-electron chi connectivity index (χ0n) is 11.2. The van der Waals surface area contributed by atoms with Crippen LogP contribution in [0.15, 0.2) is 34.8 Å². The Hall–Kier alpha value is -1.17. The molecule has 0 aliphatic rings. The van der Waals surface area contributed by atoms with E-state index >= 15 is 0 Å². The molecule has 0 saturated carbocycles. The van der Waals surface area contributed by atoms with E-state index < -0.39 is 17.4 Å². The first-order valence-electron chi connectivity index (χ1n) is 6.23. The molecule has 1 unspecified atom stereocenters. The van der Waals surface area contributed by atoms with Crippen LogP contribution >= 0.6 is 27.5 Å². The van der Waals surface area contributed by atoms with Crippen molar-refractivity contribution in [1.82, 2.24) is 0 Å². The maximum Gasteiger partial charge on any atom is 0.198 e. The Morgan fingerprint density at radius 3 is 2.43 bits per heavy atom. The molecule has 21 heavy (non-hydrogen) atoms. The monoisotopic (exact) mass is 375 g/mol. The third-order valence-electron chi connectivity index (χ3n) is 2.72. The van der Waals surface area contributed by atoms with E-state index in [1.807, 2.05) is 0 Å². The molecule has 0 amide bonds. The van der Waals surface area contributed by atoms with E-state index in [4.69, 9.17) is 22.1 Å². The highest BCUT2D eigenvalue weighted by atomic mass is 79.9. The third kappa shape index (κ3) is 4.15. The molecule has 0 radical (unpaired) electrons. The predicted molar refractivity (Wildman–Crippen MR) is 82.9 cm³/mol. The van der Waals surface area contributed by atoms with Gasteiger partial charge in [-0.25, -0.2) is 8.78 Å². The fourth-order valence-electron chi connectivity index (χ4n) is 1.86. The fraction of sp³-hybridized carbons (Fsp3) is 0.200. The van der Waals surface area contributed by atoms with Crippen molar-refractivity contribution in [3.05, 3.63) is 57.0 Å². The molecule has 0 aromatic heterocycles. The number of ether oxygens (including phenoxy) is 1. The molecule has 2 rings (SSSR count). The molecule has 0 bridgehead atoms. The van der Waals surface area contributed by atoms with Crippen LogP contribution < -0.4 is 10.5 Å². The lowest BCUT2D eigenvalue weighted by Crippen LogP contribution is -2.18. The van der Waals surface area contributed by atoms with Crippen LogP contribution in [0.1, 0.15) is 12.5 Å². The molecule has 1 atom stereocenters. The summed E-state index contributed by atoms with van der Waals surface area (Å²) >= 11 is 9.19. The van der Waals surface area contributed by atoms with E-state index in [0.717, 1.165) is 0 Å². The summed E-state index contributed by atoms with van der Waals surface area (Å²) in [5, 5.41) is 0.261. The molecule has 0 spiro atoms. The maximum absolute atomic E-state index is 14.0. The van der Waals surface area contributed by atoms with Crippen molar-refractivity contribution in [2.45, 2.75) is 19.4 Å². The van der Waals surface area contributed by atoms with E-state index in [9.17, 15) is 8.78 Å². The summed E-state index contributed by atoms with van der Waals surface area (Å²) in [5.41, 5.74) is 6.10. The minimum Gasteiger partial charge on any atom is -0.450 e. The SMILES string of the molecule is CC(N)Cc1cc(F)c(Oc2cc(Br)ccc2Cl)c(F)c1. The van der Waals surface area contributed by atoms with Gasteiger partial charge in [-0.15, -0.1) is 0 Å². The Morgan fingerprint density at radius 1 is 1.24 bits per heavy atom. The highest BCUT2D eigenvalue weighted by molar-refractivity contribution is 9.10. The van der Waals surface area contributed by atoms with Gasteiger partial charge in [0.25, 0.3) is 0 Å². The second-order valence-electron chi connectivity index (χ2n) is 4.75. The molecule has 0 saturated heterocycles. The number of rotatable bonds is 4. The molecule has 0 aliphatic heterocycles. The van der Waals surface area contributed by atoms with Gasteiger partial charge in [-0.3, -0.25) is 0 Å². The second kappa shape index (κ2) is 6.73. The van der Waals surface area contributed by atoms with E-state index in [1.165, 1.54) is 18.2 Å². The molecule has 2 aromatic carbocycles. The van der Waals surface area contributed by atoms with Gasteiger partial charge in [0, 0.05) is 10.5 Å². The molecular formula is C15H13BrClF2NO. The lowest BCUT2D eigenvalue weighted by atomic mass is 10.1. The van der Waals surface area contributed by atoms with Crippen molar-refractivity contribution in [2.75, 3.05) is 0 Å². The smallest absolute Gasteiger partial charge is 0.198 e. The first-order chi connectivity index (χ1) is 9.86. The van der Waals surface area contributed by atoms with Crippen LogP contribution in [-0.2, 0) is 6.42 Å². The third-order valence-corrected chi connectivity index (χ3v) is 3.53. The van der Waals surface area contributed by atoms with E-state index in [1.54, 1.807) is 19.1 Å². The van der Waals surface area contributed by atoms with Gasteiger partial charge in [0.15, 0.2) is 17.4 Å². The van der Waals surface area contributed by atoms with Gasteiger partial charge in [0.1, 0.15) is 5.75 Å². The number of hydrogen-bond donors (Lipinski definition) is 1. The van der Waals surface area contributed by atoms with E-state index in [0.29, 0.717) is 16.5 Å². The Morgan fingerprint density at radius 2 is 1.86 bits per heavy atom. The standard InChI is InChI=1S/C15H13BrClF2NO/c1-8(20)4-9-5-12(18)15(13(19)6-9)21-14-7-10(16)2-3-11(14)17/h2-3,5-8H,4,20H2,1H3. The average molecular weight is 377 g/mol. The molecule has 6 heteroatoms. The summed E-state index contributed by atoms with van der Waals surface area (Å²) in [6.45, 7) is 1.77. The summed E-state index contributed by atoms with van der Waals surface area (Å²) in [7, 11) is 0. The first-order valence-corrected chi connectivity index (χ1v) is 7.40. The Labute approximate surface area is 135 Å². The zero-order valence-corrected chi connectivity index (χ0v) is 13.5. The summed E-state index contributed by atoms with van der Waals surface area (Å²) < 4.78 is 34.0. The van der Waals surface area contributed by atoms with Crippen molar-refractivity contribution in [3.63, 3.8) is 0 Å². The van der Waals surface area contributed by atoms with Gasteiger partial charge in [-0.05, 0) is 49.2 Å². The van der Waals surface area contributed by atoms with Crippen LogP contribution in [0.5, 0.6) is 11.5 Å².